The number of amides is 1. The highest BCUT2D eigenvalue weighted by Crippen LogP contribution is 2.32. The van der Waals surface area contributed by atoms with Crippen LogP contribution in [0.2, 0.25) is 0 Å². The molecule has 0 aromatic heterocycles. The molecular weight excluding hydrogens is 474 g/mol. The van der Waals surface area contributed by atoms with Gasteiger partial charge in [-0.2, -0.15) is 0 Å². The molecule has 1 saturated carbocycles. The normalized spacial score (nSPS) is 17.9. The second kappa shape index (κ2) is 11.9. The van der Waals surface area contributed by atoms with E-state index in [2.05, 4.69) is 10.2 Å². The molecule has 1 aromatic carbocycles. The van der Waals surface area contributed by atoms with Gasteiger partial charge in [-0.15, -0.1) is 0 Å². The van der Waals surface area contributed by atoms with Crippen LogP contribution >= 0.6 is 0 Å². The van der Waals surface area contributed by atoms with Gasteiger partial charge >= 0.3 is 6.09 Å². The summed E-state index contributed by atoms with van der Waals surface area (Å²) < 4.78 is 30.6. The molecule has 1 amide bonds. The van der Waals surface area contributed by atoms with E-state index in [0.717, 1.165) is 25.7 Å². The lowest BCUT2D eigenvalue weighted by Crippen LogP contribution is -2.51. The van der Waals surface area contributed by atoms with E-state index < -0.39 is 21.4 Å². The van der Waals surface area contributed by atoms with Crippen molar-refractivity contribution in [2.75, 3.05) is 48.9 Å². The predicted molar refractivity (Wildman–Crippen MR) is 135 cm³/mol. The Kier molecular flexibility index (Phi) is 9.17. The van der Waals surface area contributed by atoms with E-state index in [1.54, 1.807) is 17.0 Å². The Bertz CT molecular complexity index is 958. The summed E-state index contributed by atoms with van der Waals surface area (Å²) in [5, 5.41) is 15.0. The number of anilines is 2. The Morgan fingerprint density at radius 3 is 2.40 bits per heavy atom. The molecule has 0 unspecified atom stereocenters. The predicted octanol–water partition coefficient (Wildman–Crippen LogP) is 3.22. The maximum atomic E-state index is 12.2. The maximum Gasteiger partial charge on any atom is 0.410 e. The molecule has 1 heterocycles. The van der Waals surface area contributed by atoms with E-state index >= 15 is 0 Å². The number of rotatable bonds is 8. The molecule has 1 aromatic rings. The Morgan fingerprint density at radius 1 is 1.17 bits per heavy atom. The third kappa shape index (κ3) is 7.96. The van der Waals surface area contributed by atoms with Crippen LogP contribution in [0.3, 0.4) is 0 Å². The molecule has 0 atom stereocenters. The van der Waals surface area contributed by atoms with Gasteiger partial charge in [-0.3, -0.25) is 19.3 Å². The molecule has 35 heavy (non-hydrogen) atoms. The van der Waals surface area contributed by atoms with Gasteiger partial charge in [-0.05, 0) is 45.7 Å². The monoisotopic (exact) mass is 511 g/mol. The largest absolute Gasteiger partial charge is 0.444 e. The van der Waals surface area contributed by atoms with E-state index in [9.17, 15) is 23.3 Å². The quantitative estimate of drug-likeness (QED) is 0.310. The lowest BCUT2D eigenvalue weighted by Gasteiger charge is -2.36. The van der Waals surface area contributed by atoms with Crippen LogP contribution in [0.5, 0.6) is 0 Å². The van der Waals surface area contributed by atoms with Gasteiger partial charge in [0.05, 0.1) is 10.6 Å². The van der Waals surface area contributed by atoms with E-state index in [1.165, 1.54) is 16.8 Å². The number of nitrogens with zero attached hydrogens (tertiary/aromatic N) is 4. The molecule has 11 nitrogen and oxygen atoms in total. The number of thiol groups is 1. The van der Waals surface area contributed by atoms with Crippen molar-refractivity contribution in [2.24, 2.45) is 0 Å². The van der Waals surface area contributed by atoms with Gasteiger partial charge in [0, 0.05) is 51.4 Å². The number of piperazine rings is 1. The number of nitrogens with one attached hydrogen (secondary N) is 1. The lowest BCUT2D eigenvalue weighted by atomic mass is 9.95. The minimum atomic E-state index is -2.98. The van der Waals surface area contributed by atoms with Crippen molar-refractivity contribution in [3.05, 3.63) is 28.3 Å². The third-order valence-electron chi connectivity index (χ3n) is 6.29. The van der Waals surface area contributed by atoms with Gasteiger partial charge in [-0.25, -0.2) is 13.2 Å². The number of hydrogen-bond acceptors (Lipinski definition) is 8. The first kappa shape index (κ1) is 27.0. The first-order valence-corrected chi connectivity index (χ1v) is 13.3. The Morgan fingerprint density at radius 2 is 1.83 bits per heavy atom. The smallest absolute Gasteiger partial charge is 0.410 e. The second-order valence-corrected chi connectivity index (χ2v) is 11.1. The van der Waals surface area contributed by atoms with Gasteiger partial charge in [0.1, 0.15) is 11.3 Å². The summed E-state index contributed by atoms with van der Waals surface area (Å²) in [6.45, 7) is 8.24. The molecule has 12 heteroatoms. The molecule has 3 rings (SSSR count). The van der Waals surface area contributed by atoms with Crippen LogP contribution in [-0.2, 0) is 15.6 Å². The standard InChI is InChI=1S/C23H37N5O6S/c1-23(2,3)34-22(29)26-14-11-25(12-15-26)13-16-27(35(32)33)19-9-10-20(21(17-19)28(30)31)24-18-7-5-4-6-8-18/h9-10,17-18,24,35H,4-8,11-16H2,1-3H3. The zero-order valence-corrected chi connectivity index (χ0v) is 21.7. The number of nitro benzene ring substituents is 1. The molecule has 0 bridgehead atoms. The summed E-state index contributed by atoms with van der Waals surface area (Å²) in [5.41, 5.74) is 0.0124. The minimum absolute atomic E-state index is 0.124. The fourth-order valence-electron chi connectivity index (χ4n) is 4.44. The summed E-state index contributed by atoms with van der Waals surface area (Å²) in [6.07, 6.45) is 4.97. The highest BCUT2D eigenvalue weighted by molar-refractivity contribution is 7.74. The molecule has 1 N–H and O–H groups in total. The molecule has 1 saturated heterocycles. The highest BCUT2D eigenvalue weighted by atomic mass is 32.2. The fraction of sp³-hybridized carbons (Fsp3) is 0.696. The van der Waals surface area contributed by atoms with Crippen molar-refractivity contribution in [1.29, 1.82) is 0 Å². The van der Waals surface area contributed by atoms with E-state index in [1.807, 2.05) is 20.8 Å². The van der Waals surface area contributed by atoms with Crippen LogP contribution in [0.15, 0.2) is 18.2 Å². The van der Waals surface area contributed by atoms with Crippen molar-refractivity contribution < 1.29 is 22.9 Å². The zero-order chi connectivity index (χ0) is 25.6. The zero-order valence-electron chi connectivity index (χ0n) is 20.8. The van der Waals surface area contributed by atoms with Crippen LogP contribution < -0.4 is 9.62 Å². The Labute approximate surface area is 208 Å². The van der Waals surface area contributed by atoms with Crippen molar-refractivity contribution in [1.82, 2.24) is 9.80 Å². The third-order valence-corrected chi connectivity index (χ3v) is 7.12. The molecule has 2 aliphatic rings. The molecule has 2 fully saturated rings. The van der Waals surface area contributed by atoms with E-state index in [4.69, 9.17) is 4.74 Å². The SMILES string of the molecule is CC(C)(C)OC(=O)N1CCN(CCN(c2ccc(NC3CCCCC3)c([N+](=O)[O-])c2)[SH](=O)=O)CC1. The summed E-state index contributed by atoms with van der Waals surface area (Å²) in [7, 11) is -2.98. The van der Waals surface area contributed by atoms with Crippen molar-refractivity contribution in [3.8, 4) is 0 Å². The van der Waals surface area contributed by atoms with Crippen LogP contribution in [0, 0.1) is 10.1 Å². The summed E-state index contributed by atoms with van der Waals surface area (Å²) in [5.74, 6) is 0. The number of carbonyl (C=O) groups is 1. The Hall–Kier alpha value is -2.60. The van der Waals surface area contributed by atoms with Crippen LogP contribution in [0.1, 0.15) is 52.9 Å². The number of hydrogen-bond donors (Lipinski definition) is 2. The van der Waals surface area contributed by atoms with E-state index in [-0.39, 0.29) is 30.1 Å². The number of benzene rings is 1. The maximum absolute atomic E-state index is 12.2. The summed E-state index contributed by atoms with van der Waals surface area (Å²) >= 11 is 0. The summed E-state index contributed by atoms with van der Waals surface area (Å²) in [6, 6.07) is 4.74. The van der Waals surface area contributed by atoms with Crippen molar-refractivity contribution in [3.63, 3.8) is 0 Å². The first-order chi connectivity index (χ1) is 16.5. The van der Waals surface area contributed by atoms with Crippen molar-refractivity contribution >= 4 is 34.0 Å². The van der Waals surface area contributed by atoms with Crippen LogP contribution in [0.4, 0.5) is 21.9 Å². The average molecular weight is 512 g/mol. The minimum Gasteiger partial charge on any atom is -0.444 e. The number of ether oxygens (including phenoxy) is 1. The highest BCUT2D eigenvalue weighted by Gasteiger charge is 2.27. The van der Waals surface area contributed by atoms with Gasteiger partial charge < -0.3 is 15.0 Å². The number of nitro groups is 1. The van der Waals surface area contributed by atoms with Crippen molar-refractivity contribution in [2.45, 2.75) is 64.5 Å². The Balaban J connectivity index is 1.61. The molecule has 0 radical (unpaired) electrons. The fourth-order valence-corrected chi connectivity index (χ4v) is 5.01. The number of carbonyl (C=O) groups excluding carboxylic acids is 1. The van der Waals surface area contributed by atoms with E-state index in [0.29, 0.717) is 38.4 Å². The van der Waals surface area contributed by atoms with Gasteiger partial charge in [0.2, 0.25) is 10.9 Å². The molecule has 0 spiro atoms. The van der Waals surface area contributed by atoms with Crippen LogP contribution in [0.25, 0.3) is 0 Å². The van der Waals surface area contributed by atoms with Crippen LogP contribution in [-0.4, -0.2) is 80.1 Å². The molecular formula is C23H37N5O6S. The van der Waals surface area contributed by atoms with Gasteiger partial charge in [0.25, 0.3) is 5.69 Å². The van der Waals surface area contributed by atoms with Gasteiger partial charge in [-0.1, -0.05) is 19.3 Å². The second-order valence-electron chi connectivity index (χ2n) is 10.1. The van der Waals surface area contributed by atoms with Gasteiger partial charge in [0.15, 0.2) is 0 Å². The molecule has 196 valence electrons. The molecule has 1 aliphatic heterocycles. The summed E-state index contributed by atoms with van der Waals surface area (Å²) in [4.78, 5) is 27.2. The molecule has 1 aliphatic carbocycles. The first-order valence-electron chi connectivity index (χ1n) is 12.2. The topological polar surface area (TPSA) is 125 Å². The average Bonchev–Trinajstić information content (AvgIpc) is 2.79. The lowest BCUT2D eigenvalue weighted by molar-refractivity contribution is -0.383.